The maximum atomic E-state index is 13.1. The lowest BCUT2D eigenvalue weighted by Crippen LogP contribution is -2.48. The van der Waals surface area contributed by atoms with Crippen molar-refractivity contribution in [1.29, 1.82) is 0 Å². The lowest BCUT2D eigenvalue weighted by molar-refractivity contribution is -0.141. The van der Waals surface area contributed by atoms with Crippen molar-refractivity contribution in [2.24, 2.45) is 0 Å². The average molecular weight is 417 g/mol. The Kier molecular flexibility index (Phi) is 6.99. The highest BCUT2D eigenvalue weighted by atomic mass is 35.5. The molecular formula is C22H25ClN2O4. The summed E-state index contributed by atoms with van der Waals surface area (Å²) in [6, 6.07) is 12.5. The molecule has 1 aliphatic rings. The fourth-order valence-corrected chi connectivity index (χ4v) is 3.58. The van der Waals surface area contributed by atoms with E-state index in [4.69, 9.17) is 21.1 Å². The molecule has 0 spiro atoms. The zero-order chi connectivity index (χ0) is 20.8. The van der Waals surface area contributed by atoms with Crippen LogP contribution in [0.1, 0.15) is 30.9 Å². The van der Waals surface area contributed by atoms with E-state index in [0.717, 1.165) is 11.1 Å². The first-order valence-electron chi connectivity index (χ1n) is 9.66. The maximum Gasteiger partial charge on any atom is 0.242 e. The van der Waals surface area contributed by atoms with E-state index in [1.165, 1.54) is 0 Å². The van der Waals surface area contributed by atoms with Crippen LogP contribution in [-0.4, -0.2) is 36.6 Å². The van der Waals surface area contributed by atoms with Crippen LogP contribution in [0.2, 0.25) is 5.02 Å². The molecule has 0 aromatic heterocycles. The van der Waals surface area contributed by atoms with Crippen LogP contribution in [0.4, 0.5) is 0 Å². The molecule has 0 saturated carbocycles. The highest BCUT2D eigenvalue weighted by molar-refractivity contribution is 6.31. The highest BCUT2D eigenvalue weighted by Gasteiger charge is 2.28. The minimum Gasteiger partial charge on any atom is -0.454 e. The van der Waals surface area contributed by atoms with E-state index < -0.39 is 6.04 Å². The number of ether oxygens (including phenoxy) is 2. The first-order valence-corrected chi connectivity index (χ1v) is 10.0. The topological polar surface area (TPSA) is 67.9 Å². The second kappa shape index (κ2) is 9.65. The Morgan fingerprint density at radius 2 is 1.93 bits per heavy atom. The molecule has 2 aromatic rings. The van der Waals surface area contributed by atoms with Gasteiger partial charge < -0.3 is 19.7 Å². The molecule has 29 heavy (non-hydrogen) atoms. The van der Waals surface area contributed by atoms with E-state index in [2.05, 4.69) is 5.32 Å². The molecule has 0 aliphatic carbocycles. The fourth-order valence-electron chi connectivity index (χ4n) is 3.39. The zero-order valence-electron chi connectivity index (χ0n) is 16.6. The molecule has 6 nitrogen and oxygen atoms in total. The van der Waals surface area contributed by atoms with Gasteiger partial charge in [-0.25, -0.2) is 0 Å². The predicted molar refractivity (Wildman–Crippen MR) is 111 cm³/mol. The van der Waals surface area contributed by atoms with Gasteiger partial charge in [0.2, 0.25) is 18.6 Å². The summed E-state index contributed by atoms with van der Waals surface area (Å²) >= 11 is 6.30. The van der Waals surface area contributed by atoms with Crippen LogP contribution in [0.5, 0.6) is 11.5 Å². The summed E-state index contributed by atoms with van der Waals surface area (Å²) in [5, 5.41) is 3.23. The second-order valence-electron chi connectivity index (χ2n) is 6.84. The van der Waals surface area contributed by atoms with Gasteiger partial charge in [-0.1, -0.05) is 42.8 Å². The molecule has 154 valence electrons. The lowest BCUT2D eigenvalue weighted by Gasteiger charge is -2.30. The van der Waals surface area contributed by atoms with Crippen LogP contribution < -0.4 is 14.8 Å². The number of nitrogens with one attached hydrogen (secondary N) is 1. The van der Waals surface area contributed by atoms with Gasteiger partial charge in [0.1, 0.15) is 6.04 Å². The van der Waals surface area contributed by atoms with Crippen molar-refractivity contribution >= 4 is 23.4 Å². The molecule has 0 fully saturated rings. The van der Waals surface area contributed by atoms with Crippen molar-refractivity contribution in [3.05, 3.63) is 58.6 Å². The Bertz CT molecular complexity index is 887. The first-order chi connectivity index (χ1) is 14.0. The highest BCUT2D eigenvalue weighted by Crippen LogP contribution is 2.33. The van der Waals surface area contributed by atoms with Gasteiger partial charge in [0.25, 0.3) is 0 Å². The Morgan fingerprint density at radius 3 is 2.66 bits per heavy atom. The van der Waals surface area contributed by atoms with Gasteiger partial charge in [-0.15, -0.1) is 0 Å². The van der Waals surface area contributed by atoms with Crippen molar-refractivity contribution in [2.45, 2.75) is 38.8 Å². The van der Waals surface area contributed by atoms with E-state index >= 15 is 0 Å². The number of nitrogens with zero attached hydrogens (tertiary/aromatic N) is 1. The standard InChI is InChI=1S/C22H25ClN2O4/c1-3-18(22(27)24-2)25(13-16-6-4-5-7-17(16)23)21(26)11-9-15-8-10-19-20(12-15)29-14-28-19/h4-8,10,12,18H,3,9,11,13-14H2,1-2H3,(H,24,27)/t18-/m1/s1. The van der Waals surface area contributed by atoms with E-state index in [9.17, 15) is 9.59 Å². The van der Waals surface area contributed by atoms with E-state index in [-0.39, 0.29) is 31.6 Å². The van der Waals surface area contributed by atoms with Gasteiger partial charge in [0, 0.05) is 25.0 Å². The van der Waals surface area contributed by atoms with Crippen molar-refractivity contribution in [3.63, 3.8) is 0 Å². The quantitative estimate of drug-likeness (QED) is 0.714. The SMILES string of the molecule is CC[C@H](C(=O)NC)N(Cc1ccccc1Cl)C(=O)CCc1ccc2c(c1)OCO2. The summed E-state index contributed by atoms with van der Waals surface area (Å²) in [4.78, 5) is 27.1. The average Bonchev–Trinajstić information content (AvgIpc) is 3.20. The van der Waals surface area contributed by atoms with Gasteiger partial charge in [-0.3, -0.25) is 9.59 Å². The lowest BCUT2D eigenvalue weighted by atomic mass is 10.1. The number of rotatable bonds is 8. The number of aryl methyl sites for hydroxylation is 1. The molecule has 0 saturated heterocycles. The van der Waals surface area contributed by atoms with Gasteiger partial charge >= 0.3 is 0 Å². The van der Waals surface area contributed by atoms with Gasteiger partial charge in [0.05, 0.1) is 0 Å². The number of hydrogen-bond donors (Lipinski definition) is 1. The Hall–Kier alpha value is -2.73. The largest absolute Gasteiger partial charge is 0.454 e. The smallest absolute Gasteiger partial charge is 0.242 e. The fraction of sp³-hybridized carbons (Fsp3) is 0.364. The second-order valence-corrected chi connectivity index (χ2v) is 7.25. The van der Waals surface area contributed by atoms with Crippen LogP contribution in [0, 0.1) is 0 Å². The minimum atomic E-state index is -0.555. The van der Waals surface area contributed by atoms with Crippen LogP contribution >= 0.6 is 11.6 Å². The number of hydrogen-bond acceptors (Lipinski definition) is 4. The monoisotopic (exact) mass is 416 g/mol. The summed E-state index contributed by atoms with van der Waals surface area (Å²) < 4.78 is 10.7. The number of benzene rings is 2. The van der Waals surface area contributed by atoms with Crippen LogP contribution in [0.3, 0.4) is 0 Å². The molecule has 1 aliphatic heterocycles. The number of carbonyl (C=O) groups excluding carboxylic acids is 2. The number of likely N-dealkylation sites (N-methyl/N-ethyl adjacent to an activating group) is 1. The van der Waals surface area contributed by atoms with Gasteiger partial charge in [0.15, 0.2) is 11.5 Å². The number of halogens is 1. The van der Waals surface area contributed by atoms with Gasteiger partial charge in [-0.2, -0.15) is 0 Å². The van der Waals surface area contributed by atoms with E-state index in [1.54, 1.807) is 18.0 Å². The predicted octanol–water partition coefficient (Wildman–Crippen LogP) is 3.55. The van der Waals surface area contributed by atoms with Gasteiger partial charge in [-0.05, 0) is 42.2 Å². The van der Waals surface area contributed by atoms with Crippen molar-refractivity contribution in [2.75, 3.05) is 13.8 Å². The summed E-state index contributed by atoms with van der Waals surface area (Å²) in [7, 11) is 1.58. The van der Waals surface area contributed by atoms with Crippen LogP contribution in [0.25, 0.3) is 0 Å². The summed E-state index contributed by atoms with van der Waals surface area (Å²) in [6.45, 7) is 2.39. The van der Waals surface area contributed by atoms with Crippen molar-refractivity contribution < 1.29 is 19.1 Å². The summed E-state index contributed by atoms with van der Waals surface area (Å²) in [5.74, 6) is 1.12. The molecule has 1 atom stereocenters. The van der Waals surface area contributed by atoms with Crippen molar-refractivity contribution in [3.8, 4) is 11.5 Å². The number of carbonyl (C=O) groups is 2. The Labute approximate surface area is 175 Å². The van der Waals surface area contributed by atoms with Crippen LogP contribution in [0.15, 0.2) is 42.5 Å². The number of amides is 2. The minimum absolute atomic E-state index is 0.0990. The molecule has 1 heterocycles. The third-order valence-corrected chi connectivity index (χ3v) is 5.36. The van der Waals surface area contributed by atoms with Crippen molar-refractivity contribution in [1.82, 2.24) is 10.2 Å². The third kappa shape index (κ3) is 5.01. The summed E-state index contributed by atoms with van der Waals surface area (Å²) in [5.41, 5.74) is 1.79. The zero-order valence-corrected chi connectivity index (χ0v) is 17.4. The number of fused-ring (bicyclic) bond motifs is 1. The normalized spacial score (nSPS) is 13.1. The Morgan fingerprint density at radius 1 is 1.17 bits per heavy atom. The van der Waals surface area contributed by atoms with Crippen LogP contribution in [-0.2, 0) is 22.6 Å². The third-order valence-electron chi connectivity index (χ3n) is 5.00. The maximum absolute atomic E-state index is 13.1. The molecule has 2 amide bonds. The summed E-state index contributed by atoms with van der Waals surface area (Å²) in [6.07, 6.45) is 1.33. The van der Waals surface area contributed by atoms with E-state index in [0.29, 0.717) is 29.4 Å². The molecule has 7 heteroatoms. The first kappa shape index (κ1) is 21.0. The Balaban J connectivity index is 1.76. The molecule has 0 unspecified atom stereocenters. The molecule has 3 rings (SSSR count). The molecule has 0 bridgehead atoms. The molecule has 2 aromatic carbocycles. The molecular weight excluding hydrogens is 392 g/mol. The molecule has 0 radical (unpaired) electrons. The molecule has 1 N–H and O–H groups in total. The van der Waals surface area contributed by atoms with E-state index in [1.807, 2.05) is 43.3 Å².